The van der Waals surface area contributed by atoms with Gasteiger partial charge in [0.25, 0.3) is 5.91 Å². The van der Waals surface area contributed by atoms with Gasteiger partial charge in [0.1, 0.15) is 11.5 Å². The molecule has 148 valence electrons. The number of rotatable bonds is 2. The van der Waals surface area contributed by atoms with Gasteiger partial charge in [0.15, 0.2) is 5.72 Å². The number of hydrogen-bond donors (Lipinski definition) is 1. The number of aromatic amines is 1. The van der Waals surface area contributed by atoms with Gasteiger partial charge in [-0.2, -0.15) is 0 Å². The number of H-pyrrole nitrogens is 1. The fourth-order valence-electron chi connectivity index (χ4n) is 5.27. The minimum absolute atomic E-state index is 0.0605. The fourth-order valence-corrected chi connectivity index (χ4v) is 5.27. The van der Waals surface area contributed by atoms with E-state index in [-0.39, 0.29) is 29.7 Å². The Balaban J connectivity index is 1.50. The van der Waals surface area contributed by atoms with Gasteiger partial charge in [0, 0.05) is 23.9 Å². The summed E-state index contributed by atoms with van der Waals surface area (Å²) in [7, 11) is 0. The Bertz CT molecular complexity index is 1000. The third-order valence-corrected chi connectivity index (χ3v) is 6.75. The molecule has 3 aliphatic rings. The van der Waals surface area contributed by atoms with E-state index in [0.717, 1.165) is 11.1 Å². The summed E-state index contributed by atoms with van der Waals surface area (Å²) in [5.74, 6) is -0.112. The highest BCUT2D eigenvalue weighted by molar-refractivity contribution is 6.01. The van der Waals surface area contributed by atoms with Crippen molar-refractivity contribution < 1.29 is 18.7 Å². The lowest BCUT2D eigenvalue weighted by molar-refractivity contribution is -0.139. The third-order valence-electron chi connectivity index (χ3n) is 6.75. The SMILES string of the molecule is Cc1c(C(=O)N2CC[C@@]34OC[C@@H](C(C)C)N3C(=O)C[C@@H]24)[nH]c2ccc(F)cc12. The number of benzene rings is 1. The standard InChI is InChI=1S/C21H24FN3O3/c1-11(2)16-10-28-21-6-7-24(17(21)9-18(26)25(16)21)20(27)19-12(3)14-8-13(22)4-5-15(14)23-19/h4-5,8,11,16-17,23H,6-7,9-10H2,1-3H3/t16-,17+,21-/m0/s1. The van der Waals surface area contributed by atoms with Crippen LogP contribution in [-0.4, -0.2) is 57.6 Å². The summed E-state index contributed by atoms with van der Waals surface area (Å²) >= 11 is 0. The molecule has 3 atom stereocenters. The number of nitrogens with zero attached hydrogens (tertiary/aromatic N) is 2. The van der Waals surface area contributed by atoms with Crippen LogP contribution in [0, 0.1) is 18.7 Å². The lowest BCUT2D eigenvalue weighted by Crippen LogP contribution is -2.51. The molecule has 3 saturated heterocycles. The minimum Gasteiger partial charge on any atom is -0.351 e. The average Bonchev–Trinajstić information content (AvgIpc) is 3.35. The molecule has 0 unspecified atom stereocenters. The van der Waals surface area contributed by atoms with Crippen molar-refractivity contribution in [3.8, 4) is 0 Å². The summed E-state index contributed by atoms with van der Waals surface area (Å²) in [6.07, 6.45) is 0.926. The number of halogens is 1. The van der Waals surface area contributed by atoms with E-state index >= 15 is 0 Å². The molecule has 0 bridgehead atoms. The van der Waals surface area contributed by atoms with Crippen LogP contribution in [0.25, 0.3) is 10.9 Å². The first-order chi connectivity index (χ1) is 13.3. The first kappa shape index (κ1) is 17.7. The van der Waals surface area contributed by atoms with E-state index in [9.17, 15) is 14.0 Å². The molecule has 7 heteroatoms. The second kappa shape index (κ2) is 5.80. The van der Waals surface area contributed by atoms with Crippen LogP contribution in [0.1, 0.15) is 42.7 Å². The second-order valence-corrected chi connectivity index (χ2v) is 8.51. The Kier molecular flexibility index (Phi) is 3.66. The van der Waals surface area contributed by atoms with E-state index in [0.29, 0.717) is 43.0 Å². The molecule has 0 aliphatic carbocycles. The molecule has 3 aliphatic heterocycles. The maximum absolute atomic E-state index is 13.6. The Hall–Kier alpha value is -2.41. The van der Waals surface area contributed by atoms with Crippen molar-refractivity contribution in [3.05, 3.63) is 35.3 Å². The molecular formula is C21H24FN3O3. The number of aromatic nitrogens is 1. The molecule has 0 saturated carbocycles. The van der Waals surface area contributed by atoms with Gasteiger partial charge in [-0.15, -0.1) is 0 Å². The molecule has 2 aromatic rings. The van der Waals surface area contributed by atoms with Gasteiger partial charge in [-0.05, 0) is 36.6 Å². The van der Waals surface area contributed by atoms with Crippen molar-refractivity contribution in [2.24, 2.45) is 5.92 Å². The number of fused-ring (bicyclic) bond motifs is 1. The minimum atomic E-state index is -0.687. The molecule has 1 N–H and O–H groups in total. The van der Waals surface area contributed by atoms with Gasteiger partial charge in [0.05, 0.1) is 25.1 Å². The highest BCUT2D eigenvalue weighted by Crippen LogP contribution is 2.49. The van der Waals surface area contributed by atoms with Crippen LogP contribution in [-0.2, 0) is 9.53 Å². The number of carbonyl (C=O) groups excluding carboxylic acids is 2. The van der Waals surface area contributed by atoms with Crippen LogP contribution in [0.3, 0.4) is 0 Å². The zero-order chi connectivity index (χ0) is 19.8. The molecule has 1 spiro atoms. The second-order valence-electron chi connectivity index (χ2n) is 8.51. The van der Waals surface area contributed by atoms with Crippen LogP contribution in [0.4, 0.5) is 4.39 Å². The van der Waals surface area contributed by atoms with Crippen LogP contribution in [0.2, 0.25) is 0 Å². The molecule has 1 aromatic heterocycles. The first-order valence-corrected chi connectivity index (χ1v) is 9.88. The van der Waals surface area contributed by atoms with E-state index in [1.807, 2.05) is 11.8 Å². The van der Waals surface area contributed by atoms with Crippen molar-refractivity contribution >= 4 is 22.7 Å². The largest absolute Gasteiger partial charge is 0.351 e. The zero-order valence-corrected chi connectivity index (χ0v) is 16.3. The monoisotopic (exact) mass is 385 g/mol. The number of hydrogen-bond acceptors (Lipinski definition) is 3. The van der Waals surface area contributed by atoms with E-state index in [1.165, 1.54) is 12.1 Å². The predicted molar refractivity (Wildman–Crippen MR) is 101 cm³/mol. The Labute approximate surface area is 162 Å². The highest BCUT2D eigenvalue weighted by Gasteiger charge is 2.65. The molecule has 5 rings (SSSR count). The summed E-state index contributed by atoms with van der Waals surface area (Å²) < 4.78 is 19.8. The summed E-state index contributed by atoms with van der Waals surface area (Å²) in [5, 5.41) is 0.707. The number of likely N-dealkylation sites (tertiary alicyclic amines) is 1. The molecule has 28 heavy (non-hydrogen) atoms. The molecule has 2 amide bonds. The summed E-state index contributed by atoms with van der Waals surface area (Å²) in [5.41, 5.74) is 1.24. The van der Waals surface area contributed by atoms with Crippen LogP contribution in [0.5, 0.6) is 0 Å². The zero-order valence-electron chi connectivity index (χ0n) is 16.3. The van der Waals surface area contributed by atoms with Gasteiger partial charge < -0.3 is 19.5 Å². The van der Waals surface area contributed by atoms with Crippen molar-refractivity contribution in [2.45, 2.75) is 51.4 Å². The number of aryl methyl sites for hydroxylation is 1. The normalized spacial score (nSPS) is 29.2. The predicted octanol–water partition coefficient (Wildman–Crippen LogP) is 2.81. The Morgan fingerprint density at radius 2 is 2.18 bits per heavy atom. The maximum atomic E-state index is 13.6. The third kappa shape index (κ3) is 2.16. The summed E-state index contributed by atoms with van der Waals surface area (Å²) in [6, 6.07) is 4.25. The van der Waals surface area contributed by atoms with Gasteiger partial charge in [-0.1, -0.05) is 13.8 Å². The lowest BCUT2D eigenvalue weighted by Gasteiger charge is -2.34. The van der Waals surface area contributed by atoms with E-state index in [4.69, 9.17) is 4.74 Å². The molecule has 4 heterocycles. The van der Waals surface area contributed by atoms with Crippen LogP contribution in [0.15, 0.2) is 18.2 Å². The smallest absolute Gasteiger partial charge is 0.271 e. The molecule has 3 fully saturated rings. The number of nitrogens with one attached hydrogen (secondary N) is 1. The summed E-state index contributed by atoms with van der Waals surface area (Å²) in [4.78, 5) is 33.0. The average molecular weight is 385 g/mol. The Morgan fingerprint density at radius 3 is 2.93 bits per heavy atom. The number of ether oxygens (including phenoxy) is 1. The topological polar surface area (TPSA) is 65.6 Å². The van der Waals surface area contributed by atoms with E-state index in [1.54, 1.807) is 11.0 Å². The van der Waals surface area contributed by atoms with Crippen molar-refractivity contribution in [3.63, 3.8) is 0 Å². The summed E-state index contributed by atoms with van der Waals surface area (Å²) in [6.45, 7) is 7.08. The van der Waals surface area contributed by atoms with Crippen molar-refractivity contribution in [1.29, 1.82) is 0 Å². The van der Waals surface area contributed by atoms with Crippen molar-refractivity contribution in [2.75, 3.05) is 13.2 Å². The van der Waals surface area contributed by atoms with E-state index < -0.39 is 5.72 Å². The van der Waals surface area contributed by atoms with Crippen LogP contribution >= 0.6 is 0 Å². The molecular weight excluding hydrogens is 361 g/mol. The van der Waals surface area contributed by atoms with Gasteiger partial charge in [-0.25, -0.2) is 4.39 Å². The van der Waals surface area contributed by atoms with Gasteiger partial charge in [-0.3, -0.25) is 9.59 Å². The molecule has 1 aromatic carbocycles. The highest BCUT2D eigenvalue weighted by atomic mass is 19.1. The molecule has 0 radical (unpaired) electrons. The fraction of sp³-hybridized carbons (Fsp3) is 0.524. The van der Waals surface area contributed by atoms with Crippen molar-refractivity contribution in [1.82, 2.24) is 14.8 Å². The van der Waals surface area contributed by atoms with Gasteiger partial charge >= 0.3 is 0 Å². The first-order valence-electron chi connectivity index (χ1n) is 9.88. The van der Waals surface area contributed by atoms with Crippen LogP contribution < -0.4 is 0 Å². The molecule has 6 nitrogen and oxygen atoms in total. The maximum Gasteiger partial charge on any atom is 0.271 e. The Morgan fingerprint density at radius 1 is 1.39 bits per heavy atom. The van der Waals surface area contributed by atoms with E-state index in [2.05, 4.69) is 18.8 Å². The lowest BCUT2D eigenvalue weighted by atomic mass is 10.0. The van der Waals surface area contributed by atoms with Gasteiger partial charge in [0.2, 0.25) is 5.91 Å². The quantitative estimate of drug-likeness (QED) is 0.865. The number of carbonyl (C=O) groups is 2. The number of amides is 2.